The Labute approximate surface area is 132 Å². The van der Waals surface area contributed by atoms with Crippen LogP contribution in [-0.4, -0.2) is 25.9 Å². The molecule has 1 fully saturated rings. The average Bonchev–Trinajstić information content (AvgIpc) is 3.21. The maximum Gasteiger partial charge on any atom is 0.237 e. The van der Waals surface area contributed by atoms with E-state index in [1.165, 1.54) is 11.8 Å². The van der Waals surface area contributed by atoms with E-state index in [1.54, 1.807) is 30.6 Å². The fourth-order valence-electron chi connectivity index (χ4n) is 1.91. The highest BCUT2D eigenvalue weighted by Gasteiger charge is 2.27. The molecule has 110 valence electrons. The van der Waals surface area contributed by atoms with Crippen LogP contribution in [0, 0.1) is 0 Å². The third kappa shape index (κ3) is 3.57. The molecule has 1 aromatic carbocycles. The molecule has 21 heavy (non-hydrogen) atoms. The standard InChI is InChI=1S/C14H15ClN4OS/c1-9(13(20)17-11-4-2-10(15)3-5-11)21-14-18-16-8-19(14)12-6-7-12/h2-5,8-9,12H,6-7H2,1H3,(H,17,20). The van der Waals surface area contributed by atoms with Gasteiger partial charge >= 0.3 is 0 Å². The van der Waals surface area contributed by atoms with Gasteiger partial charge in [-0.1, -0.05) is 23.4 Å². The average molecular weight is 323 g/mol. The van der Waals surface area contributed by atoms with Crippen molar-refractivity contribution in [1.29, 1.82) is 0 Å². The van der Waals surface area contributed by atoms with Gasteiger partial charge in [0.05, 0.1) is 5.25 Å². The van der Waals surface area contributed by atoms with Crippen LogP contribution in [0.15, 0.2) is 35.7 Å². The Morgan fingerprint density at radius 1 is 1.43 bits per heavy atom. The molecule has 1 saturated carbocycles. The predicted molar refractivity (Wildman–Crippen MR) is 83.7 cm³/mol. The van der Waals surface area contributed by atoms with Gasteiger partial charge in [-0.05, 0) is 44.0 Å². The van der Waals surface area contributed by atoms with E-state index in [1.807, 2.05) is 6.92 Å². The number of carbonyl (C=O) groups is 1. The predicted octanol–water partition coefficient (Wildman–Crippen LogP) is 3.39. The molecule has 0 aliphatic heterocycles. The van der Waals surface area contributed by atoms with Gasteiger partial charge in [-0.15, -0.1) is 10.2 Å². The van der Waals surface area contributed by atoms with Gasteiger partial charge in [0.25, 0.3) is 0 Å². The minimum absolute atomic E-state index is 0.0623. The Hall–Kier alpha value is -1.53. The second-order valence-electron chi connectivity index (χ2n) is 5.01. The number of hydrogen-bond donors (Lipinski definition) is 1. The van der Waals surface area contributed by atoms with Crippen molar-refractivity contribution >= 4 is 35.0 Å². The van der Waals surface area contributed by atoms with E-state index in [2.05, 4.69) is 20.1 Å². The number of benzene rings is 1. The van der Waals surface area contributed by atoms with Crippen LogP contribution in [0.25, 0.3) is 0 Å². The zero-order chi connectivity index (χ0) is 14.8. The van der Waals surface area contributed by atoms with Gasteiger partial charge < -0.3 is 9.88 Å². The molecule has 1 N–H and O–H groups in total. The van der Waals surface area contributed by atoms with Gasteiger partial charge in [0.1, 0.15) is 6.33 Å². The molecule has 0 radical (unpaired) electrons. The monoisotopic (exact) mass is 322 g/mol. The zero-order valence-corrected chi connectivity index (χ0v) is 13.1. The summed E-state index contributed by atoms with van der Waals surface area (Å²) in [7, 11) is 0. The largest absolute Gasteiger partial charge is 0.325 e. The maximum absolute atomic E-state index is 12.2. The lowest BCUT2D eigenvalue weighted by Crippen LogP contribution is -2.22. The highest BCUT2D eigenvalue weighted by Crippen LogP contribution is 2.38. The van der Waals surface area contributed by atoms with Gasteiger partial charge in [-0.25, -0.2) is 0 Å². The Morgan fingerprint density at radius 2 is 2.14 bits per heavy atom. The second kappa shape index (κ2) is 6.07. The van der Waals surface area contributed by atoms with Gasteiger partial charge in [0.15, 0.2) is 5.16 Å². The van der Waals surface area contributed by atoms with Crippen LogP contribution in [-0.2, 0) is 4.79 Å². The fraction of sp³-hybridized carbons (Fsp3) is 0.357. The lowest BCUT2D eigenvalue weighted by Gasteiger charge is -2.12. The molecular formula is C14H15ClN4OS. The topological polar surface area (TPSA) is 59.8 Å². The van der Waals surface area contributed by atoms with E-state index < -0.39 is 0 Å². The van der Waals surface area contributed by atoms with E-state index in [9.17, 15) is 4.79 Å². The normalized spacial score (nSPS) is 15.7. The van der Waals surface area contributed by atoms with Crippen molar-refractivity contribution in [2.75, 3.05) is 5.32 Å². The van der Waals surface area contributed by atoms with Crippen LogP contribution >= 0.6 is 23.4 Å². The van der Waals surface area contributed by atoms with E-state index >= 15 is 0 Å². The van der Waals surface area contributed by atoms with Gasteiger partial charge in [-0.2, -0.15) is 0 Å². The first-order valence-electron chi connectivity index (χ1n) is 6.76. The summed E-state index contributed by atoms with van der Waals surface area (Å²) in [6.07, 6.45) is 4.07. The van der Waals surface area contributed by atoms with Crippen LogP contribution in [0.1, 0.15) is 25.8 Å². The summed E-state index contributed by atoms with van der Waals surface area (Å²) in [5.74, 6) is -0.0623. The van der Waals surface area contributed by atoms with E-state index in [-0.39, 0.29) is 11.2 Å². The number of halogens is 1. The highest BCUT2D eigenvalue weighted by atomic mass is 35.5. The Balaban J connectivity index is 1.61. The lowest BCUT2D eigenvalue weighted by molar-refractivity contribution is -0.115. The molecule has 1 aliphatic rings. The summed E-state index contributed by atoms with van der Waals surface area (Å²) in [6.45, 7) is 1.86. The first kappa shape index (κ1) is 14.4. The number of rotatable bonds is 5. The number of nitrogens with one attached hydrogen (secondary N) is 1. The molecular weight excluding hydrogens is 308 g/mol. The summed E-state index contributed by atoms with van der Waals surface area (Å²) < 4.78 is 2.05. The molecule has 1 aliphatic carbocycles. The number of aromatic nitrogens is 3. The van der Waals surface area contributed by atoms with E-state index in [0.29, 0.717) is 11.1 Å². The molecule has 1 amide bonds. The lowest BCUT2D eigenvalue weighted by atomic mass is 10.3. The molecule has 5 nitrogen and oxygen atoms in total. The van der Waals surface area contributed by atoms with Gasteiger partial charge in [-0.3, -0.25) is 4.79 Å². The fourth-order valence-corrected chi connectivity index (χ4v) is 2.93. The summed E-state index contributed by atoms with van der Waals surface area (Å²) in [4.78, 5) is 12.2. The van der Waals surface area contributed by atoms with Crippen molar-refractivity contribution in [2.45, 2.75) is 36.2 Å². The van der Waals surface area contributed by atoms with Crippen molar-refractivity contribution < 1.29 is 4.79 Å². The molecule has 0 spiro atoms. The Kier molecular flexibility index (Phi) is 4.17. The Morgan fingerprint density at radius 3 is 2.81 bits per heavy atom. The molecule has 1 heterocycles. The number of nitrogens with zero attached hydrogens (tertiary/aromatic N) is 3. The van der Waals surface area contributed by atoms with E-state index in [4.69, 9.17) is 11.6 Å². The third-order valence-corrected chi connectivity index (χ3v) is 4.57. The summed E-state index contributed by atoms with van der Waals surface area (Å²) in [5.41, 5.74) is 0.737. The Bertz CT molecular complexity index is 639. The first-order valence-corrected chi connectivity index (χ1v) is 8.02. The molecule has 7 heteroatoms. The van der Waals surface area contributed by atoms with Crippen LogP contribution in [0.2, 0.25) is 5.02 Å². The minimum atomic E-state index is -0.248. The molecule has 1 atom stereocenters. The van der Waals surface area contributed by atoms with Crippen molar-refractivity contribution in [2.24, 2.45) is 0 Å². The van der Waals surface area contributed by atoms with Crippen molar-refractivity contribution in [3.05, 3.63) is 35.6 Å². The van der Waals surface area contributed by atoms with Crippen molar-refractivity contribution in [3.63, 3.8) is 0 Å². The number of thioether (sulfide) groups is 1. The molecule has 1 aromatic heterocycles. The zero-order valence-electron chi connectivity index (χ0n) is 11.5. The second-order valence-corrected chi connectivity index (χ2v) is 6.75. The van der Waals surface area contributed by atoms with Gasteiger partial charge in [0.2, 0.25) is 5.91 Å². The molecule has 0 bridgehead atoms. The number of amides is 1. The quantitative estimate of drug-likeness (QED) is 0.857. The van der Waals surface area contributed by atoms with E-state index in [0.717, 1.165) is 23.7 Å². The van der Waals surface area contributed by atoms with Crippen molar-refractivity contribution in [1.82, 2.24) is 14.8 Å². The van der Waals surface area contributed by atoms with Gasteiger partial charge in [0, 0.05) is 16.8 Å². The van der Waals surface area contributed by atoms with Crippen LogP contribution in [0.5, 0.6) is 0 Å². The smallest absolute Gasteiger partial charge is 0.237 e. The number of hydrogen-bond acceptors (Lipinski definition) is 4. The first-order chi connectivity index (χ1) is 10.1. The summed E-state index contributed by atoms with van der Waals surface area (Å²) >= 11 is 7.25. The molecule has 1 unspecified atom stereocenters. The summed E-state index contributed by atoms with van der Waals surface area (Å²) in [5, 5.41) is 12.1. The molecule has 0 saturated heterocycles. The summed E-state index contributed by atoms with van der Waals surface area (Å²) in [6, 6.07) is 7.57. The number of carbonyl (C=O) groups excluding carboxylic acids is 1. The maximum atomic E-state index is 12.2. The SMILES string of the molecule is CC(Sc1nncn1C1CC1)C(=O)Nc1ccc(Cl)cc1. The molecule has 3 rings (SSSR count). The minimum Gasteiger partial charge on any atom is -0.325 e. The van der Waals surface area contributed by atoms with Crippen LogP contribution in [0.3, 0.4) is 0 Å². The molecule has 2 aromatic rings. The number of anilines is 1. The van der Waals surface area contributed by atoms with Crippen molar-refractivity contribution in [3.8, 4) is 0 Å². The third-order valence-electron chi connectivity index (χ3n) is 3.24. The van der Waals surface area contributed by atoms with Crippen LogP contribution in [0.4, 0.5) is 5.69 Å². The van der Waals surface area contributed by atoms with Crippen LogP contribution < -0.4 is 5.32 Å². The highest BCUT2D eigenvalue weighted by molar-refractivity contribution is 8.00.